The monoisotopic (exact) mass is 249 g/mol. The third-order valence-electron chi connectivity index (χ3n) is 2.88. The van der Waals surface area contributed by atoms with Crippen LogP contribution in [0.5, 0.6) is 0 Å². The minimum absolute atomic E-state index is 0.0890. The normalized spacial score (nSPS) is 19.7. The largest absolute Gasteiger partial charge is 0.453 e. The number of nitrogens with zero attached hydrogens (tertiary/aromatic N) is 1. The molecule has 1 aliphatic heterocycles. The molecule has 0 aliphatic carbocycles. The molecule has 17 heavy (non-hydrogen) atoms. The Balaban J connectivity index is 2.27. The number of carbonyl (C=O) groups excluding carboxylic acids is 1. The molecule has 0 saturated heterocycles. The number of thiophene rings is 1. The Labute approximate surface area is 105 Å². The Morgan fingerprint density at radius 1 is 1.71 bits per heavy atom. The Kier molecular flexibility index (Phi) is 3.64. The van der Waals surface area contributed by atoms with Gasteiger partial charge in [-0.1, -0.05) is 24.8 Å². The summed E-state index contributed by atoms with van der Waals surface area (Å²) in [5.41, 5.74) is 1.07. The fourth-order valence-electron chi connectivity index (χ4n) is 1.97. The molecule has 1 aromatic rings. The van der Waals surface area contributed by atoms with Crippen molar-refractivity contribution in [3.05, 3.63) is 46.7 Å². The Hall–Kier alpha value is -1.55. The van der Waals surface area contributed by atoms with Gasteiger partial charge in [-0.25, -0.2) is 4.79 Å². The minimum atomic E-state index is -0.282. The van der Waals surface area contributed by atoms with Crippen molar-refractivity contribution in [1.29, 1.82) is 0 Å². The molecule has 1 aliphatic rings. The summed E-state index contributed by atoms with van der Waals surface area (Å²) in [4.78, 5) is 14.7. The fraction of sp³-hybridized carbons (Fsp3) is 0.308. The molecule has 1 aromatic heterocycles. The van der Waals surface area contributed by atoms with Gasteiger partial charge in [0.25, 0.3) is 0 Å². The van der Waals surface area contributed by atoms with Crippen LogP contribution in [0.25, 0.3) is 0 Å². The third kappa shape index (κ3) is 2.42. The highest BCUT2D eigenvalue weighted by Gasteiger charge is 2.29. The van der Waals surface area contributed by atoms with Gasteiger partial charge < -0.3 is 4.74 Å². The second-order valence-corrected chi connectivity index (χ2v) is 4.83. The van der Waals surface area contributed by atoms with E-state index < -0.39 is 0 Å². The molecule has 0 bridgehead atoms. The van der Waals surface area contributed by atoms with Crippen LogP contribution < -0.4 is 0 Å². The molecule has 0 spiro atoms. The molecule has 0 radical (unpaired) electrons. The summed E-state index contributed by atoms with van der Waals surface area (Å²) < 4.78 is 4.84. The summed E-state index contributed by atoms with van der Waals surface area (Å²) in [6, 6.07) is 4.14. The van der Waals surface area contributed by atoms with Crippen LogP contribution in [0, 0.1) is 0 Å². The number of hydrogen-bond donors (Lipinski definition) is 0. The lowest BCUT2D eigenvalue weighted by Crippen LogP contribution is -2.37. The SMILES string of the molecule is C=CC1=CCC(c2cccs2)N(C(=O)OC)C1. The first kappa shape index (κ1) is 11.9. The Morgan fingerprint density at radius 2 is 2.53 bits per heavy atom. The van der Waals surface area contributed by atoms with Crippen LogP contribution in [0.1, 0.15) is 17.3 Å². The van der Waals surface area contributed by atoms with Gasteiger partial charge in [-0.3, -0.25) is 4.90 Å². The maximum Gasteiger partial charge on any atom is 0.410 e. The van der Waals surface area contributed by atoms with E-state index in [1.165, 1.54) is 12.0 Å². The molecular formula is C13H15NO2S. The van der Waals surface area contributed by atoms with Crippen LogP contribution in [-0.4, -0.2) is 24.6 Å². The van der Waals surface area contributed by atoms with E-state index in [9.17, 15) is 4.79 Å². The van der Waals surface area contributed by atoms with Crippen LogP contribution in [-0.2, 0) is 4.74 Å². The molecule has 0 saturated carbocycles. The van der Waals surface area contributed by atoms with Crippen LogP contribution >= 0.6 is 11.3 Å². The van der Waals surface area contributed by atoms with Crippen molar-refractivity contribution < 1.29 is 9.53 Å². The van der Waals surface area contributed by atoms with E-state index in [1.807, 2.05) is 11.4 Å². The van der Waals surface area contributed by atoms with Gasteiger partial charge in [-0.15, -0.1) is 11.3 Å². The molecule has 2 rings (SSSR count). The van der Waals surface area contributed by atoms with Crippen LogP contribution in [0.4, 0.5) is 4.79 Å². The van der Waals surface area contributed by atoms with E-state index in [4.69, 9.17) is 4.74 Å². The van der Waals surface area contributed by atoms with E-state index in [1.54, 1.807) is 22.3 Å². The van der Waals surface area contributed by atoms with E-state index in [2.05, 4.69) is 18.7 Å². The molecule has 1 amide bonds. The molecule has 0 aromatic carbocycles. The standard InChI is InChI=1S/C13H15NO2S/c1-3-10-6-7-11(12-5-4-8-17-12)14(9-10)13(15)16-2/h3-6,8,11H,1,7,9H2,2H3. The maximum absolute atomic E-state index is 11.8. The zero-order valence-corrected chi connectivity index (χ0v) is 10.6. The van der Waals surface area contributed by atoms with Crippen molar-refractivity contribution in [2.45, 2.75) is 12.5 Å². The van der Waals surface area contributed by atoms with Gasteiger partial charge in [0.2, 0.25) is 0 Å². The predicted molar refractivity (Wildman–Crippen MR) is 69.1 cm³/mol. The van der Waals surface area contributed by atoms with Crippen LogP contribution in [0.2, 0.25) is 0 Å². The highest BCUT2D eigenvalue weighted by Crippen LogP contribution is 2.33. The van der Waals surface area contributed by atoms with E-state index >= 15 is 0 Å². The highest BCUT2D eigenvalue weighted by atomic mass is 32.1. The minimum Gasteiger partial charge on any atom is -0.453 e. The first-order valence-electron chi connectivity index (χ1n) is 5.45. The predicted octanol–water partition coefficient (Wildman–Crippen LogP) is 3.37. The molecule has 0 N–H and O–H groups in total. The number of ether oxygens (including phenoxy) is 1. The topological polar surface area (TPSA) is 29.5 Å². The summed E-state index contributed by atoms with van der Waals surface area (Å²) in [6.07, 6.45) is 4.46. The smallest absolute Gasteiger partial charge is 0.410 e. The van der Waals surface area contributed by atoms with Gasteiger partial charge in [-0.05, 0) is 23.4 Å². The first-order chi connectivity index (χ1) is 8.26. The third-order valence-corrected chi connectivity index (χ3v) is 3.85. The zero-order chi connectivity index (χ0) is 12.3. The summed E-state index contributed by atoms with van der Waals surface area (Å²) in [5.74, 6) is 0. The zero-order valence-electron chi connectivity index (χ0n) is 9.76. The van der Waals surface area contributed by atoms with Crippen molar-refractivity contribution in [3.8, 4) is 0 Å². The first-order valence-corrected chi connectivity index (χ1v) is 6.33. The lowest BCUT2D eigenvalue weighted by Gasteiger charge is -2.33. The molecule has 4 heteroatoms. The maximum atomic E-state index is 11.8. The average molecular weight is 249 g/mol. The quantitative estimate of drug-likeness (QED) is 0.804. The number of amides is 1. The van der Waals surface area contributed by atoms with Gasteiger partial charge in [0.05, 0.1) is 13.2 Å². The van der Waals surface area contributed by atoms with Crippen molar-refractivity contribution >= 4 is 17.4 Å². The number of carbonyl (C=O) groups is 1. The molecule has 0 fully saturated rings. The summed E-state index contributed by atoms with van der Waals surface area (Å²) >= 11 is 1.67. The second-order valence-electron chi connectivity index (χ2n) is 3.85. The van der Waals surface area contributed by atoms with Crippen molar-refractivity contribution in [2.24, 2.45) is 0 Å². The van der Waals surface area contributed by atoms with Gasteiger partial charge in [0.15, 0.2) is 0 Å². The summed E-state index contributed by atoms with van der Waals surface area (Å²) in [6.45, 7) is 4.32. The number of hydrogen-bond acceptors (Lipinski definition) is 3. The van der Waals surface area contributed by atoms with Crippen molar-refractivity contribution in [1.82, 2.24) is 4.90 Å². The lowest BCUT2D eigenvalue weighted by molar-refractivity contribution is 0.108. The van der Waals surface area contributed by atoms with Crippen molar-refractivity contribution in [3.63, 3.8) is 0 Å². The van der Waals surface area contributed by atoms with Gasteiger partial charge >= 0.3 is 6.09 Å². The average Bonchev–Trinajstić information content (AvgIpc) is 2.90. The fourth-order valence-corrected chi connectivity index (χ4v) is 2.82. The Morgan fingerprint density at radius 3 is 3.12 bits per heavy atom. The molecule has 3 nitrogen and oxygen atoms in total. The van der Waals surface area contributed by atoms with E-state index in [0.717, 1.165) is 12.0 Å². The van der Waals surface area contributed by atoms with Gasteiger partial charge in [0, 0.05) is 11.4 Å². The molecule has 2 heterocycles. The molecular weight excluding hydrogens is 234 g/mol. The van der Waals surface area contributed by atoms with Gasteiger partial charge in [0.1, 0.15) is 0 Å². The number of methoxy groups -OCH3 is 1. The molecule has 1 atom stereocenters. The summed E-state index contributed by atoms with van der Waals surface area (Å²) in [5, 5.41) is 2.03. The number of rotatable bonds is 2. The molecule has 1 unspecified atom stereocenters. The van der Waals surface area contributed by atoms with Crippen molar-refractivity contribution in [2.75, 3.05) is 13.7 Å². The Bertz CT molecular complexity index is 436. The lowest BCUT2D eigenvalue weighted by atomic mass is 10.0. The second kappa shape index (κ2) is 5.19. The molecule has 90 valence electrons. The van der Waals surface area contributed by atoms with Gasteiger partial charge in [-0.2, -0.15) is 0 Å². The van der Waals surface area contributed by atoms with Crippen LogP contribution in [0.15, 0.2) is 41.8 Å². The van der Waals surface area contributed by atoms with Crippen LogP contribution in [0.3, 0.4) is 0 Å². The van der Waals surface area contributed by atoms with E-state index in [0.29, 0.717) is 6.54 Å². The summed E-state index contributed by atoms with van der Waals surface area (Å²) in [7, 11) is 1.42. The highest BCUT2D eigenvalue weighted by molar-refractivity contribution is 7.10. The van der Waals surface area contributed by atoms with E-state index in [-0.39, 0.29) is 12.1 Å².